The van der Waals surface area contributed by atoms with Gasteiger partial charge in [-0.15, -0.1) is 0 Å². The zero-order valence-corrected chi connectivity index (χ0v) is 14.0. The molecule has 0 spiro atoms. The second kappa shape index (κ2) is 42.7. The van der Waals surface area contributed by atoms with Crippen molar-refractivity contribution in [1.29, 1.82) is 0 Å². The molecule has 4 unspecified atom stereocenters. The molecule has 0 radical (unpaired) electrons. The van der Waals surface area contributed by atoms with E-state index in [0.717, 1.165) is 0 Å². The van der Waals surface area contributed by atoms with Crippen molar-refractivity contribution in [2.24, 2.45) is 0 Å². The standard InChI is InChI=1S/4H3N.4H2O3S/c;;;;4*1-4(2)3/h4*1H3;4*(H2,1,2,3). The lowest BCUT2D eigenvalue weighted by molar-refractivity contribution is 0.434. The van der Waals surface area contributed by atoms with Crippen molar-refractivity contribution in [3.63, 3.8) is 0 Å². The molecule has 4 atom stereocenters. The van der Waals surface area contributed by atoms with Crippen LogP contribution in [0.3, 0.4) is 0 Å². The van der Waals surface area contributed by atoms with Gasteiger partial charge in [-0.1, -0.05) is 0 Å². The van der Waals surface area contributed by atoms with E-state index in [1.54, 1.807) is 0 Å². The Morgan fingerprint density at radius 1 is 0.450 bits per heavy atom. The second-order valence-corrected chi connectivity index (χ2v) is 2.61. The number of hydrogen-bond donors (Lipinski definition) is 8. The minimum Gasteiger partial charge on any atom is -0.750 e. The van der Waals surface area contributed by atoms with Crippen molar-refractivity contribution >= 4 is 45.4 Å². The van der Waals surface area contributed by atoms with Crippen LogP contribution >= 0.6 is 0 Å². The summed E-state index contributed by atoms with van der Waals surface area (Å²) in [4.78, 5) is 0. The summed E-state index contributed by atoms with van der Waals surface area (Å²) in [6.07, 6.45) is 0. The molecule has 0 saturated heterocycles. The van der Waals surface area contributed by atoms with Crippen LogP contribution in [0, 0.1) is 0 Å². The summed E-state index contributed by atoms with van der Waals surface area (Å²) in [5.41, 5.74) is 0. The SMILES string of the molecule is O=S([O-])O.O=S([O-])O.O=S([O-])O.O=S([O-])O.[NH4+].[NH4+].[NH4+].[NH4+]. The molecule has 0 aromatic carbocycles. The third-order valence-corrected chi connectivity index (χ3v) is 0. The van der Waals surface area contributed by atoms with Crippen LogP contribution in [0.15, 0.2) is 0 Å². The minimum atomic E-state index is -2.86. The Morgan fingerprint density at radius 3 is 0.450 bits per heavy atom. The van der Waals surface area contributed by atoms with Crippen molar-refractivity contribution in [3.8, 4) is 0 Å². The van der Waals surface area contributed by atoms with Gasteiger partial charge in [-0.2, -0.15) is 0 Å². The summed E-state index contributed by atoms with van der Waals surface area (Å²) in [5.74, 6) is 0. The Labute approximate surface area is 123 Å². The molecule has 0 aromatic rings. The van der Waals surface area contributed by atoms with Crippen LogP contribution in [-0.4, -0.2) is 53.3 Å². The average Bonchev–Trinajstić information content (AvgIpc) is 1.76. The lowest BCUT2D eigenvalue weighted by Crippen LogP contribution is -1.75. The van der Waals surface area contributed by atoms with Crippen LogP contribution in [0.25, 0.3) is 0 Å². The number of hydrogen-bond acceptors (Lipinski definition) is 8. The van der Waals surface area contributed by atoms with Crippen molar-refractivity contribution in [3.05, 3.63) is 0 Å². The van der Waals surface area contributed by atoms with Crippen LogP contribution < -0.4 is 24.6 Å². The molecule has 20 heavy (non-hydrogen) atoms. The maximum absolute atomic E-state index is 8.56. The topological polar surface area (TPSA) is 387 Å². The van der Waals surface area contributed by atoms with Gasteiger partial charge in [0.25, 0.3) is 0 Å². The average molecular weight is 396 g/mol. The Morgan fingerprint density at radius 2 is 0.450 bits per heavy atom. The summed E-state index contributed by atoms with van der Waals surface area (Å²) in [5, 5.41) is 0. The van der Waals surface area contributed by atoms with Crippen molar-refractivity contribution in [2.75, 3.05) is 0 Å². The van der Waals surface area contributed by atoms with Crippen molar-refractivity contribution in [2.45, 2.75) is 0 Å². The molecular weight excluding hydrogens is 376 g/mol. The zero-order valence-electron chi connectivity index (χ0n) is 10.7. The van der Waals surface area contributed by atoms with E-state index in [2.05, 4.69) is 0 Å². The largest absolute Gasteiger partial charge is 0.750 e. The van der Waals surface area contributed by atoms with Crippen LogP contribution in [0.5, 0.6) is 0 Å². The predicted octanol–water partition coefficient (Wildman–Crippen LogP) is -1.14. The Balaban J connectivity index is -0.0000000150. The highest BCUT2D eigenvalue weighted by atomic mass is 32.2. The van der Waals surface area contributed by atoms with E-state index in [0.29, 0.717) is 0 Å². The molecule has 0 rings (SSSR count). The maximum Gasteiger partial charge on any atom is 0.0814 e. The van der Waals surface area contributed by atoms with E-state index in [-0.39, 0.29) is 24.6 Å². The predicted molar refractivity (Wildman–Crippen MR) is 70.1 cm³/mol. The molecule has 0 amide bonds. The van der Waals surface area contributed by atoms with E-state index in [1.165, 1.54) is 0 Å². The van der Waals surface area contributed by atoms with Gasteiger partial charge >= 0.3 is 0 Å². The quantitative estimate of drug-likeness (QED) is 0.225. The first-order valence-electron chi connectivity index (χ1n) is 2.06. The monoisotopic (exact) mass is 396 g/mol. The molecule has 0 heterocycles. The van der Waals surface area contributed by atoms with Gasteiger partial charge in [0.05, 0.1) is 45.4 Å². The smallest absolute Gasteiger partial charge is 0.0814 e. The van der Waals surface area contributed by atoms with Gasteiger partial charge in [-0.25, -0.2) is 16.8 Å². The second-order valence-electron chi connectivity index (χ2n) is 0.868. The van der Waals surface area contributed by atoms with Gasteiger partial charge in [-0.3, -0.25) is 0 Å². The molecule has 0 saturated carbocycles. The Bertz CT molecular complexity index is 167. The summed E-state index contributed by atoms with van der Waals surface area (Å²) in [6, 6.07) is 0. The third-order valence-electron chi connectivity index (χ3n) is 0. The molecule has 0 aliphatic heterocycles. The fourth-order valence-corrected chi connectivity index (χ4v) is 0. The normalized spacial score (nSPS) is 12.4. The minimum absolute atomic E-state index is 0. The highest BCUT2D eigenvalue weighted by Crippen LogP contribution is 1.44. The van der Waals surface area contributed by atoms with E-state index in [1.807, 2.05) is 0 Å². The van der Waals surface area contributed by atoms with E-state index in [4.69, 9.17) is 53.3 Å². The first kappa shape index (κ1) is 50.1. The van der Waals surface area contributed by atoms with Gasteiger partial charge in [0, 0.05) is 0 Å². The van der Waals surface area contributed by atoms with Crippen LogP contribution in [0.2, 0.25) is 0 Å². The summed E-state index contributed by atoms with van der Waals surface area (Å²) in [6.45, 7) is 0. The lowest BCUT2D eigenvalue weighted by atomic mass is 14.0. The highest BCUT2D eigenvalue weighted by molar-refractivity contribution is 7.73. The maximum atomic E-state index is 8.56. The molecule has 20 N–H and O–H groups in total. The molecule has 136 valence electrons. The van der Waals surface area contributed by atoms with Crippen molar-refractivity contribution < 1.29 is 53.3 Å². The third kappa shape index (κ3) is 369000. The summed E-state index contributed by atoms with van der Waals surface area (Å²) < 4.78 is 96.3. The molecule has 0 fully saturated rings. The van der Waals surface area contributed by atoms with Gasteiger partial charge in [0.1, 0.15) is 0 Å². The Kier molecular flexibility index (Phi) is 107. The lowest BCUT2D eigenvalue weighted by Gasteiger charge is -1.83. The van der Waals surface area contributed by atoms with Gasteiger partial charge in [0.15, 0.2) is 0 Å². The van der Waals surface area contributed by atoms with Crippen molar-refractivity contribution in [1.82, 2.24) is 24.6 Å². The molecule has 20 heteroatoms. The first-order chi connectivity index (χ1) is 6.93. The molecule has 0 aliphatic carbocycles. The zero-order chi connectivity index (χ0) is 14.3. The van der Waals surface area contributed by atoms with Crippen LogP contribution in [-0.2, 0) is 45.4 Å². The van der Waals surface area contributed by atoms with Crippen LogP contribution in [0.4, 0.5) is 0 Å². The Hall–Kier alpha value is 0.120. The van der Waals surface area contributed by atoms with Gasteiger partial charge < -0.3 is 61.0 Å². The van der Waals surface area contributed by atoms with Gasteiger partial charge in [0.2, 0.25) is 0 Å². The van der Waals surface area contributed by atoms with Gasteiger partial charge in [-0.05, 0) is 0 Å². The fourth-order valence-electron chi connectivity index (χ4n) is 0. The van der Waals surface area contributed by atoms with E-state index < -0.39 is 45.4 Å². The molecule has 0 aromatic heterocycles. The molecule has 0 bridgehead atoms. The highest BCUT2D eigenvalue weighted by Gasteiger charge is 1.43. The number of rotatable bonds is 0. The van der Waals surface area contributed by atoms with E-state index >= 15 is 0 Å². The summed E-state index contributed by atoms with van der Waals surface area (Å²) >= 11 is -11.4. The van der Waals surface area contributed by atoms with Crippen LogP contribution in [0.1, 0.15) is 0 Å². The number of quaternary nitrogens is 4. The molecular formula is H20N4O12S4. The summed E-state index contributed by atoms with van der Waals surface area (Å²) in [7, 11) is 0. The fraction of sp³-hybridized carbons (Fsp3) is 0. The van der Waals surface area contributed by atoms with E-state index in [9.17, 15) is 0 Å². The first-order valence-corrected chi connectivity index (χ1v) is 6.19. The molecule has 0 aliphatic rings. The molecule has 16 nitrogen and oxygen atoms in total.